The summed E-state index contributed by atoms with van der Waals surface area (Å²) in [6.45, 7) is 41.3. The quantitative estimate of drug-likeness (QED) is 0.141. The molecule has 60 heavy (non-hydrogen) atoms. The lowest BCUT2D eigenvalue weighted by Crippen LogP contribution is -2.44. The normalized spacial score (nSPS) is 15.4. The summed E-state index contributed by atoms with van der Waals surface area (Å²) in [5.74, 6) is 5.07. The van der Waals surface area contributed by atoms with E-state index in [2.05, 4.69) is 182 Å². The second-order valence-corrected chi connectivity index (χ2v) is 24.7. The van der Waals surface area contributed by atoms with Crippen molar-refractivity contribution in [2.24, 2.45) is 0 Å². The van der Waals surface area contributed by atoms with Gasteiger partial charge in [-0.05, 0) is 139 Å². The fourth-order valence-electron chi connectivity index (χ4n) is 9.69. The molecule has 1 saturated heterocycles. The van der Waals surface area contributed by atoms with E-state index in [9.17, 15) is 4.79 Å². The van der Waals surface area contributed by atoms with Gasteiger partial charge in [-0.2, -0.15) is 0 Å². The van der Waals surface area contributed by atoms with Crippen molar-refractivity contribution in [1.29, 1.82) is 0 Å². The zero-order valence-corrected chi connectivity index (χ0v) is 43.3. The number of aryl methyl sites for hydroxylation is 2. The van der Waals surface area contributed by atoms with Crippen LogP contribution in [0.1, 0.15) is 204 Å². The van der Waals surface area contributed by atoms with Crippen LogP contribution in [-0.4, -0.2) is 30.3 Å². The van der Waals surface area contributed by atoms with Crippen LogP contribution in [0.2, 0.25) is 0 Å². The molecule has 0 saturated carbocycles. The number of benzene rings is 4. The summed E-state index contributed by atoms with van der Waals surface area (Å²) in [5, 5.41) is 2.31. The average Bonchev–Trinajstić information content (AvgIpc) is 3.13. The zero-order valence-electron chi connectivity index (χ0n) is 41.2. The first-order valence-electron chi connectivity index (χ1n) is 22.6. The zero-order chi connectivity index (χ0) is 45.3. The highest BCUT2D eigenvalue weighted by Gasteiger charge is 2.50. The molecule has 1 atom stereocenters. The SMILES string of the molecule is COc1ccc(C)c(-c2c(C(C)C)cc(C(C)C)cc2C(C)C)c1P.COc1ccc(C)c(-c2c(C(C)C)cc(C(C)C)cc2C(C)C)c1P1C(C)(C)CC(=O)CC1(C)C. The van der Waals surface area contributed by atoms with E-state index in [-0.39, 0.29) is 10.3 Å². The minimum absolute atomic E-state index is 0.0994. The predicted octanol–water partition coefficient (Wildman–Crippen LogP) is 15.6. The number of ketones is 1. The van der Waals surface area contributed by atoms with E-state index in [4.69, 9.17) is 9.47 Å². The highest BCUT2D eigenvalue weighted by Crippen LogP contribution is 2.66. The van der Waals surface area contributed by atoms with Crippen LogP contribution < -0.4 is 20.1 Å². The van der Waals surface area contributed by atoms with Crippen molar-refractivity contribution in [2.75, 3.05) is 14.2 Å². The van der Waals surface area contributed by atoms with Crippen molar-refractivity contribution < 1.29 is 14.3 Å². The summed E-state index contributed by atoms with van der Waals surface area (Å²) in [6.07, 6.45) is 1.28. The minimum Gasteiger partial charge on any atom is -0.496 e. The highest BCUT2D eigenvalue weighted by atomic mass is 31.1. The Hall–Kier alpha value is -2.99. The second kappa shape index (κ2) is 19.6. The summed E-state index contributed by atoms with van der Waals surface area (Å²) in [7, 11) is 5.76. The van der Waals surface area contributed by atoms with Crippen molar-refractivity contribution in [3.8, 4) is 33.8 Å². The lowest BCUT2D eigenvalue weighted by Gasteiger charge is -2.50. The molecule has 328 valence electrons. The van der Waals surface area contributed by atoms with Gasteiger partial charge in [0.2, 0.25) is 0 Å². The fourth-order valence-corrected chi connectivity index (χ4v) is 14.7. The van der Waals surface area contributed by atoms with Crippen molar-refractivity contribution in [1.82, 2.24) is 0 Å². The number of ether oxygens (including phenoxy) is 2. The molecule has 0 spiro atoms. The Bertz CT molecular complexity index is 2090. The van der Waals surface area contributed by atoms with Crippen LogP contribution in [0.15, 0.2) is 48.5 Å². The Labute approximate surface area is 370 Å². The van der Waals surface area contributed by atoms with Gasteiger partial charge in [0.1, 0.15) is 17.3 Å². The van der Waals surface area contributed by atoms with Crippen molar-refractivity contribution >= 4 is 33.6 Å². The van der Waals surface area contributed by atoms with E-state index in [0.717, 1.165) is 16.8 Å². The third-order valence-electron chi connectivity index (χ3n) is 12.7. The molecule has 1 heterocycles. The van der Waals surface area contributed by atoms with E-state index in [0.29, 0.717) is 54.1 Å². The monoisotopic (exact) mass is 851 g/mol. The van der Waals surface area contributed by atoms with Gasteiger partial charge in [0.15, 0.2) is 0 Å². The minimum atomic E-state index is -0.696. The molecule has 4 aromatic rings. The Balaban J connectivity index is 0.000000280. The smallest absolute Gasteiger partial charge is 0.134 e. The molecule has 1 aliphatic rings. The Kier molecular flexibility index (Phi) is 16.2. The number of carbonyl (C=O) groups excluding carboxylic acids is 1. The summed E-state index contributed by atoms with van der Waals surface area (Å²) >= 11 is 0. The molecule has 0 radical (unpaired) electrons. The van der Waals surface area contributed by atoms with Gasteiger partial charge in [0.25, 0.3) is 0 Å². The van der Waals surface area contributed by atoms with E-state index >= 15 is 0 Å². The van der Waals surface area contributed by atoms with Gasteiger partial charge in [0.05, 0.1) is 14.2 Å². The maximum Gasteiger partial charge on any atom is 0.134 e. The van der Waals surface area contributed by atoms with Crippen LogP contribution in [0.4, 0.5) is 0 Å². The molecule has 4 aromatic carbocycles. The van der Waals surface area contributed by atoms with Crippen LogP contribution in [0, 0.1) is 13.8 Å². The van der Waals surface area contributed by atoms with E-state index in [1.54, 1.807) is 14.2 Å². The van der Waals surface area contributed by atoms with Crippen LogP contribution in [0.5, 0.6) is 11.5 Å². The number of methoxy groups -OCH3 is 2. The molecular weight excluding hydrogens is 771 g/mol. The van der Waals surface area contributed by atoms with Gasteiger partial charge in [-0.25, -0.2) is 0 Å². The molecular formula is C55H80O3P2. The Morgan fingerprint density at radius 1 is 0.517 bits per heavy atom. The highest BCUT2D eigenvalue weighted by molar-refractivity contribution is 7.69. The third-order valence-corrected chi connectivity index (χ3v) is 16.9. The van der Waals surface area contributed by atoms with Gasteiger partial charge in [0, 0.05) is 23.5 Å². The summed E-state index contributed by atoms with van der Waals surface area (Å²) in [5.41, 5.74) is 16.6. The van der Waals surface area contributed by atoms with Crippen molar-refractivity contribution in [2.45, 2.75) is 183 Å². The summed E-state index contributed by atoms with van der Waals surface area (Å²) in [4.78, 5) is 12.8. The fraction of sp³-hybridized carbons (Fsp3) is 0.545. The van der Waals surface area contributed by atoms with Crippen molar-refractivity contribution in [3.63, 3.8) is 0 Å². The molecule has 1 aliphatic heterocycles. The number of hydrogen-bond acceptors (Lipinski definition) is 3. The van der Waals surface area contributed by atoms with Gasteiger partial charge < -0.3 is 9.47 Å². The van der Waals surface area contributed by atoms with Gasteiger partial charge in [-0.3, -0.25) is 4.79 Å². The number of Topliss-reactive ketones (excluding diaryl/α,β-unsaturated/α-hetero) is 1. The van der Waals surface area contributed by atoms with Gasteiger partial charge in [-0.15, -0.1) is 9.24 Å². The first-order valence-corrected chi connectivity index (χ1v) is 24.5. The standard InChI is InChI=1S/C32H47O2P.C23H33OP/c1-19(2)23-15-25(20(3)4)29(26(16-23)21(5)6)28-22(7)13-14-27(34-12)30(28)35-31(8,9)17-24(33)18-32(35,10)11;1-13(2)17-11-18(14(3)4)22(19(12-17)15(5)6)21-16(7)9-10-20(24-8)23(21)25/h13-16,19-21H,17-18H2,1-12H3;9-15H,25H2,1-8H3. The molecule has 0 bridgehead atoms. The molecule has 0 amide bonds. The topological polar surface area (TPSA) is 35.5 Å². The van der Waals surface area contributed by atoms with E-state index < -0.39 is 7.92 Å². The Morgan fingerprint density at radius 3 is 1.18 bits per heavy atom. The maximum atomic E-state index is 12.8. The molecule has 5 heteroatoms. The van der Waals surface area contributed by atoms with Crippen LogP contribution >= 0.6 is 17.2 Å². The summed E-state index contributed by atoms with van der Waals surface area (Å²) in [6, 6.07) is 18.4. The molecule has 5 rings (SSSR count). The van der Waals surface area contributed by atoms with Crippen LogP contribution in [0.25, 0.3) is 22.3 Å². The van der Waals surface area contributed by atoms with Gasteiger partial charge >= 0.3 is 0 Å². The van der Waals surface area contributed by atoms with Crippen molar-refractivity contribution in [3.05, 3.63) is 93.0 Å². The predicted molar refractivity (Wildman–Crippen MR) is 269 cm³/mol. The molecule has 0 aromatic heterocycles. The average molecular weight is 851 g/mol. The molecule has 0 aliphatic carbocycles. The molecule has 3 nitrogen and oxygen atoms in total. The number of carbonyl (C=O) groups is 1. The molecule has 1 fully saturated rings. The summed E-state index contributed by atoms with van der Waals surface area (Å²) < 4.78 is 11.7. The first-order chi connectivity index (χ1) is 27.8. The third kappa shape index (κ3) is 10.3. The Morgan fingerprint density at radius 2 is 0.850 bits per heavy atom. The number of rotatable bonds is 11. The second-order valence-electron chi connectivity index (χ2n) is 20.6. The lowest BCUT2D eigenvalue weighted by molar-refractivity contribution is -0.120. The van der Waals surface area contributed by atoms with Crippen LogP contribution in [-0.2, 0) is 4.79 Å². The lowest BCUT2D eigenvalue weighted by atomic mass is 9.80. The van der Waals surface area contributed by atoms with Crippen LogP contribution in [0.3, 0.4) is 0 Å². The largest absolute Gasteiger partial charge is 0.496 e. The molecule has 0 N–H and O–H groups in total. The van der Waals surface area contributed by atoms with E-state index in [1.165, 1.54) is 72.1 Å². The maximum absolute atomic E-state index is 12.8. The first kappa shape index (κ1) is 49.7. The van der Waals surface area contributed by atoms with E-state index in [1.807, 2.05) is 0 Å². The number of hydrogen-bond donors (Lipinski definition) is 0. The molecule has 1 unspecified atom stereocenters. The van der Waals surface area contributed by atoms with Gasteiger partial charge in [-0.1, -0.05) is 155 Å².